The van der Waals surface area contributed by atoms with Crippen LogP contribution >= 0.6 is 0 Å². The molecular weight excluding hydrogens is 417 g/mol. The van der Waals surface area contributed by atoms with Crippen LogP contribution in [0.2, 0.25) is 0 Å². The van der Waals surface area contributed by atoms with Crippen LogP contribution in [0.25, 0.3) is 22.2 Å². The molecule has 0 bridgehead atoms. The van der Waals surface area contributed by atoms with Gasteiger partial charge in [-0.3, -0.25) is 4.79 Å². The van der Waals surface area contributed by atoms with E-state index in [1.54, 1.807) is 18.2 Å². The summed E-state index contributed by atoms with van der Waals surface area (Å²) < 4.78 is 25.7. The molecule has 0 atom stereocenters. The first-order valence-corrected chi connectivity index (χ1v) is 9.61. The predicted molar refractivity (Wildman–Crippen MR) is 115 cm³/mol. The molecule has 4 aromatic rings. The minimum Gasteiger partial charge on any atom is -0.462 e. The third-order valence-electron chi connectivity index (χ3n) is 4.68. The molecule has 0 spiro atoms. The van der Waals surface area contributed by atoms with Gasteiger partial charge in [-0.1, -0.05) is 12.1 Å². The summed E-state index contributed by atoms with van der Waals surface area (Å²) in [4.78, 5) is 34.3. The molecule has 0 saturated carbocycles. The zero-order valence-corrected chi connectivity index (χ0v) is 17.2. The van der Waals surface area contributed by atoms with Gasteiger partial charge in [0.25, 0.3) is 11.9 Å². The Hall–Kier alpha value is -4.21. The summed E-state index contributed by atoms with van der Waals surface area (Å²) in [6.45, 7) is 2.93. The summed E-state index contributed by atoms with van der Waals surface area (Å²) >= 11 is 0. The molecule has 162 valence electrons. The predicted octanol–water partition coefficient (Wildman–Crippen LogP) is 4.87. The van der Waals surface area contributed by atoms with Gasteiger partial charge in [-0.05, 0) is 44.2 Å². The van der Waals surface area contributed by atoms with E-state index in [1.807, 2.05) is 18.2 Å². The molecule has 0 fully saturated rings. The van der Waals surface area contributed by atoms with Gasteiger partial charge in [0.1, 0.15) is 17.9 Å². The van der Waals surface area contributed by atoms with Crippen molar-refractivity contribution in [2.75, 3.05) is 11.9 Å². The summed E-state index contributed by atoms with van der Waals surface area (Å²) in [5.74, 6) is -1.32. The van der Waals surface area contributed by atoms with E-state index in [2.05, 4.69) is 25.4 Å². The Morgan fingerprint density at radius 3 is 2.62 bits per heavy atom. The van der Waals surface area contributed by atoms with Gasteiger partial charge >= 0.3 is 6.01 Å². The lowest BCUT2D eigenvalue weighted by molar-refractivity contribution is -0.127. The van der Waals surface area contributed by atoms with Crippen molar-refractivity contribution in [1.29, 1.82) is 0 Å². The number of anilines is 2. The number of fused-ring (bicyclic) bond motifs is 1. The van der Waals surface area contributed by atoms with E-state index in [9.17, 15) is 14.1 Å². The Morgan fingerprint density at radius 2 is 1.94 bits per heavy atom. The Morgan fingerprint density at radius 1 is 1.19 bits per heavy atom. The highest BCUT2D eigenvalue weighted by molar-refractivity contribution is 5.82. The SMILES string of the molecule is CC(C)(COc1ncc(-c2ccc(Nc3nc4ccccc4o3)cc2F)cn1)C(=O)N=O. The second kappa shape index (κ2) is 8.50. The summed E-state index contributed by atoms with van der Waals surface area (Å²) in [6.07, 6.45) is 2.81. The first kappa shape index (κ1) is 21.0. The van der Waals surface area contributed by atoms with Crippen LogP contribution in [0, 0.1) is 16.1 Å². The topological polar surface area (TPSA) is 120 Å². The molecule has 2 aromatic carbocycles. The van der Waals surface area contributed by atoms with Crippen molar-refractivity contribution in [1.82, 2.24) is 15.0 Å². The number of benzene rings is 2. The zero-order valence-electron chi connectivity index (χ0n) is 17.2. The number of aromatic nitrogens is 3. The average molecular weight is 435 g/mol. The van der Waals surface area contributed by atoms with E-state index < -0.39 is 17.1 Å². The van der Waals surface area contributed by atoms with E-state index in [-0.39, 0.29) is 18.6 Å². The number of rotatable bonds is 7. The van der Waals surface area contributed by atoms with Crippen LogP contribution in [-0.2, 0) is 4.79 Å². The molecule has 0 saturated heterocycles. The summed E-state index contributed by atoms with van der Waals surface area (Å²) in [6, 6.07) is 12.1. The molecule has 32 heavy (non-hydrogen) atoms. The number of para-hydroxylation sites is 2. The molecule has 2 heterocycles. The lowest BCUT2D eigenvalue weighted by Crippen LogP contribution is -2.29. The Bertz CT molecular complexity index is 1250. The summed E-state index contributed by atoms with van der Waals surface area (Å²) in [7, 11) is 0. The molecule has 0 aliphatic heterocycles. The van der Waals surface area contributed by atoms with Crippen LogP contribution in [0.15, 0.2) is 64.5 Å². The molecule has 0 radical (unpaired) electrons. The van der Waals surface area contributed by atoms with E-state index in [0.29, 0.717) is 27.9 Å². The van der Waals surface area contributed by atoms with Crippen molar-refractivity contribution in [2.24, 2.45) is 10.6 Å². The number of oxazole rings is 1. The molecule has 1 amide bonds. The molecule has 0 unspecified atom stereocenters. The van der Waals surface area contributed by atoms with E-state index in [0.717, 1.165) is 0 Å². The van der Waals surface area contributed by atoms with Gasteiger partial charge in [-0.2, -0.15) is 4.98 Å². The maximum Gasteiger partial charge on any atom is 0.316 e. The van der Waals surface area contributed by atoms with Crippen molar-refractivity contribution in [2.45, 2.75) is 13.8 Å². The number of hydrogen-bond donors (Lipinski definition) is 1. The van der Waals surface area contributed by atoms with Crippen LogP contribution in [0.1, 0.15) is 13.8 Å². The number of hydrogen-bond acceptors (Lipinski definition) is 8. The number of nitrogens with zero attached hydrogens (tertiary/aromatic N) is 4. The van der Waals surface area contributed by atoms with Crippen LogP contribution < -0.4 is 10.1 Å². The second-order valence-electron chi connectivity index (χ2n) is 7.63. The van der Waals surface area contributed by atoms with Gasteiger partial charge in [0.15, 0.2) is 5.58 Å². The standard InChI is InChI=1S/C22H18FN5O4/c1-22(2,19(29)28-30)12-31-20-24-10-13(11-25-20)15-8-7-14(9-16(15)23)26-21-27-17-5-3-4-6-18(17)32-21/h3-11H,12H2,1-2H3,(H,26,27). The van der Waals surface area contributed by atoms with Gasteiger partial charge < -0.3 is 14.5 Å². The molecular formula is C22H18FN5O4. The van der Waals surface area contributed by atoms with Crippen LogP contribution in [-0.4, -0.2) is 27.5 Å². The van der Waals surface area contributed by atoms with Gasteiger partial charge in [-0.15, -0.1) is 4.91 Å². The van der Waals surface area contributed by atoms with E-state index >= 15 is 0 Å². The lowest BCUT2D eigenvalue weighted by Gasteiger charge is -2.18. The molecule has 1 N–H and O–H groups in total. The maximum atomic E-state index is 14.7. The van der Waals surface area contributed by atoms with Crippen LogP contribution in [0.4, 0.5) is 16.1 Å². The number of amides is 1. The number of carbonyl (C=O) groups is 1. The van der Waals surface area contributed by atoms with Gasteiger partial charge in [0, 0.05) is 34.4 Å². The Labute approximate surface area is 181 Å². The quantitative estimate of drug-likeness (QED) is 0.409. The van der Waals surface area contributed by atoms with Gasteiger partial charge in [-0.25, -0.2) is 14.4 Å². The molecule has 0 aliphatic carbocycles. The number of nitrogens with one attached hydrogen (secondary N) is 1. The van der Waals surface area contributed by atoms with Crippen molar-refractivity contribution in [3.8, 4) is 17.1 Å². The largest absolute Gasteiger partial charge is 0.462 e. The lowest BCUT2D eigenvalue weighted by atomic mass is 9.94. The third kappa shape index (κ3) is 4.43. The van der Waals surface area contributed by atoms with Gasteiger partial charge in [0.2, 0.25) is 0 Å². The van der Waals surface area contributed by atoms with E-state index in [4.69, 9.17) is 9.15 Å². The molecule has 0 aliphatic rings. The highest BCUT2D eigenvalue weighted by Crippen LogP contribution is 2.28. The average Bonchev–Trinajstić information content (AvgIpc) is 3.20. The smallest absolute Gasteiger partial charge is 0.316 e. The summed E-state index contributed by atoms with van der Waals surface area (Å²) in [5.41, 5.74) is 1.42. The van der Waals surface area contributed by atoms with Crippen LogP contribution in [0.3, 0.4) is 0 Å². The summed E-state index contributed by atoms with van der Waals surface area (Å²) in [5, 5.41) is 5.35. The molecule has 2 aromatic heterocycles. The van der Waals surface area contributed by atoms with Crippen molar-refractivity contribution >= 4 is 28.7 Å². The normalized spacial score (nSPS) is 11.3. The van der Waals surface area contributed by atoms with Crippen molar-refractivity contribution in [3.63, 3.8) is 0 Å². The highest BCUT2D eigenvalue weighted by Gasteiger charge is 2.30. The van der Waals surface area contributed by atoms with E-state index in [1.165, 1.54) is 32.3 Å². The molecule has 9 nitrogen and oxygen atoms in total. The third-order valence-corrected chi connectivity index (χ3v) is 4.68. The number of ether oxygens (including phenoxy) is 1. The van der Waals surface area contributed by atoms with Crippen molar-refractivity contribution in [3.05, 3.63) is 65.6 Å². The maximum absolute atomic E-state index is 14.7. The Balaban J connectivity index is 1.45. The molecule has 10 heteroatoms. The minimum absolute atomic E-state index is 0.00446. The highest BCUT2D eigenvalue weighted by atomic mass is 19.1. The minimum atomic E-state index is -1.10. The number of halogens is 1. The fourth-order valence-electron chi connectivity index (χ4n) is 2.84. The van der Waals surface area contributed by atoms with Gasteiger partial charge in [0.05, 0.1) is 5.41 Å². The van der Waals surface area contributed by atoms with Crippen molar-refractivity contribution < 1.29 is 18.3 Å². The zero-order chi connectivity index (χ0) is 22.7. The fraction of sp³-hybridized carbons (Fsp3) is 0.182. The fourth-order valence-corrected chi connectivity index (χ4v) is 2.84. The monoisotopic (exact) mass is 435 g/mol. The first-order chi connectivity index (χ1) is 15.4. The first-order valence-electron chi connectivity index (χ1n) is 9.61. The number of carbonyl (C=O) groups excluding carboxylic acids is 1. The number of nitroso groups, excluding NO2 is 1. The molecule has 4 rings (SSSR count). The second-order valence-corrected chi connectivity index (χ2v) is 7.63. The Kier molecular flexibility index (Phi) is 5.59. The van der Waals surface area contributed by atoms with Crippen LogP contribution in [0.5, 0.6) is 6.01 Å².